The van der Waals surface area contributed by atoms with Crippen molar-refractivity contribution >= 4 is 17.0 Å². The molecule has 0 radical (unpaired) electrons. The van der Waals surface area contributed by atoms with Crippen LogP contribution in [-0.2, 0) is 0 Å². The molecule has 1 N–H and O–H groups in total. The molecule has 0 unspecified atom stereocenters. The van der Waals surface area contributed by atoms with Gasteiger partial charge in [0.1, 0.15) is 0 Å². The molecule has 88 valence electrons. The second-order valence-corrected chi connectivity index (χ2v) is 5.95. The first-order valence-electron chi connectivity index (χ1n) is 6.40. The van der Waals surface area contributed by atoms with Gasteiger partial charge in [-0.1, -0.05) is 12.8 Å². The van der Waals surface area contributed by atoms with Crippen molar-refractivity contribution in [2.75, 3.05) is 24.5 Å². The molecule has 2 aliphatic rings. The van der Waals surface area contributed by atoms with E-state index in [1.165, 1.54) is 57.4 Å². The van der Waals surface area contributed by atoms with Crippen LogP contribution in [0.15, 0.2) is 16.8 Å². The van der Waals surface area contributed by atoms with Crippen molar-refractivity contribution in [3.05, 3.63) is 16.8 Å². The Hall–Kier alpha value is -0.540. The van der Waals surface area contributed by atoms with E-state index in [0.29, 0.717) is 5.54 Å². The zero-order chi connectivity index (χ0) is 10.8. The fourth-order valence-corrected chi connectivity index (χ4v) is 3.83. The molecule has 0 amide bonds. The number of thiophene rings is 1. The Morgan fingerprint density at radius 3 is 2.88 bits per heavy atom. The van der Waals surface area contributed by atoms with Crippen molar-refractivity contribution in [1.29, 1.82) is 0 Å². The molecule has 0 aromatic carbocycles. The molecule has 1 aromatic rings. The molecule has 2 nitrogen and oxygen atoms in total. The highest BCUT2D eigenvalue weighted by Gasteiger charge is 2.36. The van der Waals surface area contributed by atoms with Crippen LogP contribution in [0.1, 0.15) is 32.1 Å². The lowest BCUT2D eigenvalue weighted by molar-refractivity contribution is 0.355. The van der Waals surface area contributed by atoms with Crippen LogP contribution in [0.4, 0.5) is 5.69 Å². The Labute approximate surface area is 102 Å². The van der Waals surface area contributed by atoms with E-state index in [1.54, 1.807) is 0 Å². The second kappa shape index (κ2) is 4.38. The van der Waals surface area contributed by atoms with Gasteiger partial charge < -0.3 is 10.2 Å². The van der Waals surface area contributed by atoms with Gasteiger partial charge in [-0.05, 0) is 37.3 Å². The molecule has 1 aromatic heterocycles. The summed E-state index contributed by atoms with van der Waals surface area (Å²) in [5.41, 5.74) is 1.86. The molecule has 1 saturated heterocycles. The topological polar surface area (TPSA) is 15.3 Å². The highest BCUT2D eigenvalue weighted by molar-refractivity contribution is 7.08. The highest BCUT2D eigenvalue weighted by Crippen LogP contribution is 2.33. The lowest BCUT2D eigenvalue weighted by Gasteiger charge is -2.34. The highest BCUT2D eigenvalue weighted by atomic mass is 32.1. The van der Waals surface area contributed by atoms with E-state index in [0.717, 1.165) is 0 Å². The maximum atomic E-state index is 3.81. The molecule has 2 heterocycles. The van der Waals surface area contributed by atoms with Gasteiger partial charge in [0.05, 0.1) is 0 Å². The van der Waals surface area contributed by atoms with Gasteiger partial charge in [0, 0.05) is 29.7 Å². The number of rotatable bonds is 1. The Morgan fingerprint density at radius 1 is 1.25 bits per heavy atom. The van der Waals surface area contributed by atoms with Gasteiger partial charge in [0.15, 0.2) is 0 Å². The van der Waals surface area contributed by atoms with Gasteiger partial charge in [0.2, 0.25) is 0 Å². The van der Waals surface area contributed by atoms with Crippen LogP contribution >= 0.6 is 11.3 Å². The monoisotopic (exact) mass is 236 g/mol. The molecule has 1 spiro atoms. The minimum atomic E-state index is 0.429. The summed E-state index contributed by atoms with van der Waals surface area (Å²) in [6.45, 7) is 3.62. The van der Waals surface area contributed by atoms with Crippen molar-refractivity contribution < 1.29 is 0 Å². The fraction of sp³-hybridized carbons (Fsp3) is 0.692. The number of hydrogen-bond acceptors (Lipinski definition) is 3. The van der Waals surface area contributed by atoms with Crippen molar-refractivity contribution in [1.82, 2.24) is 5.32 Å². The van der Waals surface area contributed by atoms with E-state index in [-0.39, 0.29) is 0 Å². The number of hydrogen-bond donors (Lipinski definition) is 1. The standard InChI is InChI=1S/C13H20N2S/c1-2-6-13(5-1)11-15(8-3-7-14-13)12-4-9-16-10-12/h4,9-10,14H,1-3,5-8,11H2. The summed E-state index contributed by atoms with van der Waals surface area (Å²) < 4.78 is 0. The second-order valence-electron chi connectivity index (χ2n) is 5.17. The van der Waals surface area contributed by atoms with Gasteiger partial charge in [0.25, 0.3) is 0 Å². The predicted octanol–water partition coefficient (Wildman–Crippen LogP) is 2.86. The van der Waals surface area contributed by atoms with Crippen molar-refractivity contribution in [2.45, 2.75) is 37.6 Å². The quantitative estimate of drug-likeness (QED) is 0.806. The molecule has 1 saturated carbocycles. The first-order valence-corrected chi connectivity index (χ1v) is 7.35. The Kier molecular flexibility index (Phi) is 2.90. The van der Waals surface area contributed by atoms with Crippen LogP contribution in [0, 0.1) is 0 Å². The minimum Gasteiger partial charge on any atom is -0.369 e. The molecule has 3 rings (SSSR count). The molecular formula is C13H20N2S. The van der Waals surface area contributed by atoms with Crippen LogP contribution in [0.5, 0.6) is 0 Å². The van der Waals surface area contributed by atoms with Crippen LogP contribution in [-0.4, -0.2) is 25.2 Å². The van der Waals surface area contributed by atoms with E-state index in [9.17, 15) is 0 Å². The molecular weight excluding hydrogens is 216 g/mol. The molecule has 1 aliphatic heterocycles. The van der Waals surface area contributed by atoms with Crippen LogP contribution in [0.3, 0.4) is 0 Å². The largest absolute Gasteiger partial charge is 0.369 e. The summed E-state index contributed by atoms with van der Waals surface area (Å²) in [4.78, 5) is 2.59. The predicted molar refractivity (Wildman–Crippen MR) is 70.4 cm³/mol. The third-order valence-electron chi connectivity index (χ3n) is 4.03. The average molecular weight is 236 g/mol. The molecule has 3 heteroatoms. The van der Waals surface area contributed by atoms with Gasteiger partial charge in [-0.3, -0.25) is 0 Å². The lowest BCUT2D eigenvalue weighted by atomic mass is 9.97. The Morgan fingerprint density at radius 2 is 2.12 bits per heavy atom. The first kappa shape index (κ1) is 10.6. The van der Waals surface area contributed by atoms with Gasteiger partial charge in [-0.2, -0.15) is 11.3 Å². The van der Waals surface area contributed by atoms with Crippen molar-refractivity contribution in [3.63, 3.8) is 0 Å². The maximum absolute atomic E-state index is 3.81. The van der Waals surface area contributed by atoms with E-state index in [1.807, 2.05) is 11.3 Å². The van der Waals surface area contributed by atoms with Gasteiger partial charge in [-0.15, -0.1) is 0 Å². The molecule has 1 aliphatic carbocycles. The van der Waals surface area contributed by atoms with Crippen LogP contribution in [0.25, 0.3) is 0 Å². The number of nitrogens with zero attached hydrogens (tertiary/aromatic N) is 1. The first-order chi connectivity index (χ1) is 7.88. The molecule has 16 heavy (non-hydrogen) atoms. The summed E-state index contributed by atoms with van der Waals surface area (Å²) in [6.07, 6.45) is 6.83. The Bertz CT molecular complexity index is 328. The maximum Gasteiger partial charge on any atom is 0.0475 e. The van der Waals surface area contributed by atoms with E-state index in [4.69, 9.17) is 0 Å². The zero-order valence-corrected chi connectivity index (χ0v) is 10.6. The third kappa shape index (κ3) is 1.98. The van der Waals surface area contributed by atoms with Crippen LogP contribution < -0.4 is 10.2 Å². The smallest absolute Gasteiger partial charge is 0.0475 e. The van der Waals surface area contributed by atoms with Gasteiger partial charge >= 0.3 is 0 Å². The summed E-state index contributed by atoms with van der Waals surface area (Å²) in [5, 5.41) is 8.29. The fourth-order valence-electron chi connectivity index (χ4n) is 3.17. The minimum absolute atomic E-state index is 0.429. The SMILES string of the molecule is c1cc(N2CCCNC3(CCCC3)C2)cs1. The van der Waals surface area contributed by atoms with Crippen LogP contribution in [0.2, 0.25) is 0 Å². The normalized spacial score (nSPS) is 24.9. The molecule has 0 atom stereocenters. The number of anilines is 1. The number of nitrogens with one attached hydrogen (secondary N) is 1. The van der Waals surface area contributed by atoms with Crippen molar-refractivity contribution in [2.24, 2.45) is 0 Å². The zero-order valence-electron chi connectivity index (χ0n) is 9.74. The van der Waals surface area contributed by atoms with E-state index < -0.39 is 0 Å². The summed E-state index contributed by atoms with van der Waals surface area (Å²) >= 11 is 1.81. The summed E-state index contributed by atoms with van der Waals surface area (Å²) in [5.74, 6) is 0. The third-order valence-corrected chi connectivity index (χ3v) is 4.70. The van der Waals surface area contributed by atoms with Gasteiger partial charge in [-0.25, -0.2) is 0 Å². The summed E-state index contributed by atoms with van der Waals surface area (Å²) in [6, 6.07) is 2.26. The van der Waals surface area contributed by atoms with E-state index >= 15 is 0 Å². The molecule has 0 bridgehead atoms. The Balaban J connectivity index is 1.79. The summed E-state index contributed by atoms with van der Waals surface area (Å²) in [7, 11) is 0. The average Bonchev–Trinajstić information content (AvgIpc) is 2.89. The molecule has 2 fully saturated rings. The van der Waals surface area contributed by atoms with Crippen molar-refractivity contribution in [3.8, 4) is 0 Å². The lowest BCUT2D eigenvalue weighted by Crippen LogP contribution is -2.49. The van der Waals surface area contributed by atoms with E-state index in [2.05, 4.69) is 27.0 Å².